The summed E-state index contributed by atoms with van der Waals surface area (Å²) in [5.41, 5.74) is 1.36. The third-order valence-corrected chi connectivity index (χ3v) is 4.08. The Morgan fingerprint density at radius 3 is 2.67 bits per heavy atom. The number of esters is 1. The van der Waals surface area contributed by atoms with Crippen LogP contribution in [0.1, 0.15) is 12.7 Å². The van der Waals surface area contributed by atoms with Gasteiger partial charge in [-0.05, 0) is 32.0 Å². The number of hydrogen-bond donors (Lipinski definition) is 0. The number of para-hydroxylation sites is 1. The molecule has 0 bridgehead atoms. The van der Waals surface area contributed by atoms with E-state index < -0.39 is 5.97 Å². The number of ether oxygens (including phenoxy) is 3. The molecular formula is C21H20O6. The minimum atomic E-state index is -0.457. The van der Waals surface area contributed by atoms with E-state index in [4.69, 9.17) is 18.6 Å². The fraction of sp³-hybridized carbons (Fsp3) is 0.238. The van der Waals surface area contributed by atoms with Gasteiger partial charge in [0.2, 0.25) is 5.43 Å². The Balaban J connectivity index is 2.02. The van der Waals surface area contributed by atoms with Crippen LogP contribution in [-0.2, 0) is 9.53 Å². The van der Waals surface area contributed by atoms with Gasteiger partial charge >= 0.3 is 5.97 Å². The molecule has 1 heterocycles. The molecule has 2 aromatic carbocycles. The number of rotatable bonds is 6. The van der Waals surface area contributed by atoms with Gasteiger partial charge in [-0.25, -0.2) is 4.79 Å². The van der Waals surface area contributed by atoms with Crippen molar-refractivity contribution in [2.45, 2.75) is 13.8 Å². The Morgan fingerprint density at radius 2 is 1.93 bits per heavy atom. The van der Waals surface area contributed by atoms with Crippen LogP contribution in [0.25, 0.3) is 22.1 Å². The highest BCUT2D eigenvalue weighted by molar-refractivity contribution is 5.85. The predicted molar refractivity (Wildman–Crippen MR) is 101 cm³/mol. The topological polar surface area (TPSA) is 75.0 Å². The van der Waals surface area contributed by atoms with Gasteiger partial charge in [0.1, 0.15) is 22.8 Å². The largest absolute Gasteiger partial charge is 0.496 e. The molecule has 0 aliphatic heterocycles. The molecule has 0 aliphatic carbocycles. The van der Waals surface area contributed by atoms with Crippen LogP contribution in [0.2, 0.25) is 0 Å². The second-order valence-corrected chi connectivity index (χ2v) is 5.81. The molecule has 3 aromatic rings. The van der Waals surface area contributed by atoms with E-state index in [0.717, 1.165) is 0 Å². The second kappa shape index (κ2) is 7.95. The summed E-state index contributed by atoms with van der Waals surface area (Å²) in [6.07, 6.45) is 0. The van der Waals surface area contributed by atoms with Crippen molar-refractivity contribution in [3.8, 4) is 22.6 Å². The fourth-order valence-electron chi connectivity index (χ4n) is 2.88. The average Bonchev–Trinajstić information content (AvgIpc) is 2.66. The summed E-state index contributed by atoms with van der Waals surface area (Å²) in [5.74, 6) is 1.03. The number of methoxy groups -OCH3 is 1. The zero-order valence-corrected chi connectivity index (χ0v) is 15.4. The summed E-state index contributed by atoms with van der Waals surface area (Å²) in [4.78, 5) is 24.5. The SMILES string of the molecule is CCOC(=O)COc1ccc2c(=O)c(-c3ccccc3OC)c(C)oc2c1. The van der Waals surface area contributed by atoms with Crippen LogP contribution >= 0.6 is 0 Å². The minimum Gasteiger partial charge on any atom is -0.496 e. The van der Waals surface area contributed by atoms with E-state index in [9.17, 15) is 9.59 Å². The molecule has 0 radical (unpaired) electrons. The molecule has 0 atom stereocenters. The minimum absolute atomic E-state index is 0.157. The van der Waals surface area contributed by atoms with Crippen LogP contribution in [0, 0.1) is 6.92 Å². The molecular weight excluding hydrogens is 348 g/mol. The molecule has 27 heavy (non-hydrogen) atoms. The smallest absolute Gasteiger partial charge is 0.344 e. The zero-order valence-electron chi connectivity index (χ0n) is 15.4. The van der Waals surface area contributed by atoms with Crippen molar-refractivity contribution in [1.29, 1.82) is 0 Å². The Kier molecular flexibility index (Phi) is 5.45. The lowest BCUT2D eigenvalue weighted by molar-refractivity contribution is -0.145. The lowest BCUT2D eigenvalue weighted by Crippen LogP contribution is -2.14. The molecule has 1 aromatic heterocycles. The van der Waals surface area contributed by atoms with E-state index in [2.05, 4.69) is 0 Å². The standard InChI is InChI=1S/C21H20O6/c1-4-25-19(22)12-26-14-9-10-16-18(11-14)27-13(2)20(21(16)23)15-7-5-6-8-17(15)24-3/h5-11H,4,12H2,1-3H3. The molecule has 0 aliphatic rings. The van der Waals surface area contributed by atoms with Gasteiger partial charge in [-0.15, -0.1) is 0 Å². The van der Waals surface area contributed by atoms with E-state index in [-0.39, 0.29) is 12.0 Å². The van der Waals surface area contributed by atoms with E-state index in [1.54, 1.807) is 45.2 Å². The maximum Gasteiger partial charge on any atom is 0.344 e. The molecule has 0 unspecified atom stereocenters. The van der Waals surface area contributed by atoms with Crippen molar-refractivity contribution >= 4 is 16.9 Å². The van der Waals surface area contributed by atoms with Crippen LogP contribution in [0.3, 0.4) is 0 Å². The second-order valence-electron chi connectivity index (χ2n) is 5.81. The number of carbonyl (C=O) groups is 1. The maximum absolute atomic E-state index is 13.0. The average molecular weight is 368 g/mol. The first-order valence-electron chi connectivity index (χ1n) is 8.54. The van der Waals surface area contributed by atoms with Crippen molar-refractivity contribution in [3.05, 3.63) is 58.4 Å². The number of carbonyl (C=O) groups excluding carboxylic acids is 1. The van der Waals surface area contributed by atoms with Crippen molar-refractivity contribution in [2.24, 2.45) is 0 Å². The molecule has 0 N–H and O–H groups in total. The van der Waals surface area contributed by atoms with E-state index >= 15 is 0 Å². The lowest BCUT2D eigenvalue weighted by Gasteiger charge is -2.11. The molecule has 0 spiro atoms. The Hall–Kier alpha value is -3.28. The number of fused-ring (bicyclic) bond motifs is 1. The number of benzene rings is 2. The van der Waals surface area contributed by atoms with E-state index in [1.807, 2.05) is 18.2 Å². The van der Waals surface area contributed by atoms with Gasteiger partial charge in [0.15, 0.2) is 6.61 Å². The van der Waals surface area contributed by atoms with Crippen molar-refractivity contribution in [2.75, 3.05) is 20.3 Å². The summed E-state index contributed by atoms with van der Waals surface area (Å²) in [7, 11) is 1.56. The maximum atomic E-state index is 13.0. The van der Waals surface area contributed by atoms with Crippen LogP contribution in [0.4, 0.5) is 0 Å². The van der Waals surface area contributed by atoms with Gasteiger partial charge < -0.3 is 18.6 Å². The molecule has 0 saturated heterocycles. The Bertz CT molecular complexity index is 1030. The zero-order chi connectivity index (χ0) is 19.4. The molecule has 3 rings (SSSR count). The summed E-state index contributed by atoms with van der Waals surface area (Å²) in [6.45, 7) is 3.54. The third kappa shape index (κ3) is 3.79. The van der Waals surface area contributed by atoms with Crippen molar-refractivity contribution < 1.29 is 23.4 Å². The first kappa shape index (κ1) is 18.5. The molecule has 6 heteroatoms. The predicted octanol–water partition coefficient (Wildman–Crippen LogP) is 3.72. The van der Waals surface area contributed by atoms with Gasteiger partial charge in [-0.2, -0.15) is 0 Å². The molecule has 0 fully saturated rings. The third-order valence-electron chi connectivity index (χ3n) is 4.08. The summed E-state index contributed by atoms with van der Waals surface area (Å²) < 4.78 is 21.5. The molecule has 0 amide bonds. The van der Waals surface area contributed by atoms with Gasteiger partial charge in [-0.3, -0.25) is 4.79 Å². The van der Waals surface area contributed by atoms with Crippen LogP contribution < -0.4 is 14.9 Å². The molecule has 0 saturated carbocycles. The first-order chi connectivity index (χ1) is 13.0. The summed E-state index contributed by atoms with van der Waals surface area (Å²) in [6, 6.07) is 12.1. The molecule has 140 valence electrons. The van der Waals surface area contributed by atoms with Gasteiger partial charge in [0.05, 0.1) is 24.7 Å². The van der Waals surface area contributed by atoms with Gasteiger partial charge in [-0.1, -0.05) is 18.2 Å². The quantitative estimate of drug-likeness (QED) is 0.617. The van der Waals surface area contributed by atoms with Crippen molar-refractivity contribution in [1.82, 2.24) is 0 Å². The number of hydrogen-bond acceptors (Lipinski definition) is 6. The summed E-state index contributed by atoms with van der Waals surface area (Å²) >= 11 is 0. The highest BCUT2D eigenvalue weighted by Crippen LogP contribution is 2.32. The lowest BCUT2D eigenvalue weighted by atomic mass is 10.0. The van der Waals surface area contributed by atoms with E-state index in [0.29, 0.717) is 46.0 Å². The monoisotopic (exact) mass is 368 g/mol. The molecule has 6 nitrogen and oxygen atoms in total. The van der Waals surface area contributed by atoms with Gasteiger partial charge in [0, 0.05) is 11.6 Å². The normalized spacial score (nSPS) is 10.6. The van der Waals surface area contributed by atoms with Crippen LogP contribution in [-0.4, -0.2) is 26.3 Å². The highest BCUT2D eigenvalue weighted by atomic mass is 16.6. The summed E-state index contributed by atoms with van der Waals surface area (Å²) in [5, 5.41) is 0.421. The number of aryl methyl sites for hydroxylation is 1. The van der Waals surface area contributed by atoms with E-state index in [1.165, 1.54) is 0 Å². The highest BCUT2D eigenvalue weighted by Gasteiger charge is 2.17. The van der Waals surface area contributed by atoms with Crippen molar-refractivity contribution in [3.63, 3.8) is 0 Å². The van der Waals surface area contributed by atoms with Crippen LogP contribution in [0.15, 0.2) is 51.7 Å². The first-order valence-corrected chi connectivity index (χ1v) is 8.54. The Labute approximate surface area is 156 Å². The van der Waals surface area contributed by atoms with Crippen LogP contribution in [0.5, 0.6) is 11.5 Å². The van der Waals surface area contributed by atoms with Gasteiger partial charge in [0.25, 0.3) is 0 Å². The Morgan fingerprint density at radius 1 is 1.15 bits per heavy atom. The fourth-order valence-corrected chi connectivity index (χ4v) is 2.88.